The molecule has 3 heteroatoms. The third-order valence-corrected chi connectivity index (χ3v) is 4.58. The summed E-state index contributed by atoms with van der Waals surface area (Å²) in [5.74, 6) is 0.464. The normalized spacial score (nSPS) is 23.6. The lowest BCUT2D eigenvalue weighted by Gasteiger charge is -2.26. The van der Waals surface area contributed by atoms with E-state index in [1.54, 1.807) is 0 Å². The van der Waals surface area contributed by atoms with E-state index in [9.17, 15) is 0 Å². The topological polar surface area (TPSA) is 24.4 Å². The van der Waals surface area contributed by atoms with Gasteiger partial charge in [-0.25, -0.2) is 0 Å². The molecule has 0 bridgehead atoms. The third kappa shape index (κ3) is 1.83. The molecule has 1 aliphatic heterocycles. The summed E-state index contributed by atoms with van der Waals surface area (Å²) < 4.78 is 0. The third-order valence-electron chi connectivity index (χ3n) is 4.32. The number of halogens is 1. The van der Waals surface area contributed by atoms with Crippen LogP contribution in [0.2, 0.25) is 5.02 Å². The SMILES string of the molecule is Clc1ccc([C@@H]2NN=C3c4ccccc4CC[C@@H]32)cc1. The summed E-state index contributed by atoms with van der Waals surface area (Å²) in [4.78, 5) is 0. The van der Waals surface area contributed by atoms with Gasteiger partial charge in [0.25, 0.3) is 0 Å². The van der Waals surface area contributed by atoms with Crippen LogP contribution in [-0.4, -0.2) is 5.71 Å². The molecule has 2 aromatic carbocycles. The van der Waals surface area contributed by atoms with Crippen molar-refractivity contribution in [3.05, 3.63) is 70.2 Å². The molecule has 1 heterocycles. The highest BCUT2D eigenvalue weighted by molar-refractivity contribution is 6.30. The van der Waals surface area contributed by atoms with Crippen LogP contribution in [0.25, 0.3) is 0 Å². The van der Waals surface area contributed by atoms with Gasteiger partial charge in [-0.15, -0.1) is 0 Å². The molecule has 20 heavy (non-hydrogen) atoms. The maximum Gasteiger partial charge on any atom is 0.0774 e. The molecule has 0 spiro atoms. The summed E-state index contributed by atoms with van der Waals surface area (Å²) in [6.45, 7) is 0. The summed E-state index contributed by atoms with van der Waals surface area (Å²) in [5.41, 5.74) is 8.53. The van der Waals surface area contributed by atoms with Crippen LogP contribution in [0.15, 0.2) is 53.6 Å². The standard InChI is InChI=1S/C17H15ClN2/c18-13-8-5-12(6-9-13)16-15-10-7-11-3-1-2-4-14(11)17(15)20-19-16/h1-6,8-9,15-16,19H,7,10H2/t15-,16+/m1/s1. The summed E-state index contributed by atoms with van der Waals surface area (Å²) in [6.07, 6.45) is 2.28. The molecule has 0 saturated heterocycles. The number of nitrogens with one attached hydrogen (secondary N) is 1. The van der Waals surface area contributed by atoms with Gasteiger partial charge in [0.2, 0.25) is 0 Å². The lowest BCUT2D eigenvalue weighted by molar-refractivity contribution is 0.467. The van der Waals surface area contributed by atoms with Gasteiger partial charge < -0.3 is 5.43 Å². The fourth-order valence-electron chi connectivity index (χ4n) is 3.31. The van der Waals surface area contributed by atoms with Crippen LogP contribution >= 0.6 is 11.6 Å². The van der Waals surface area contributed by atoms with Crippen LogP contribution in [0.3, 0.4) is 0 Å². The van der Waals surface area contributed by atoms with Crippen molar-refractivity contribution < 1.29 is 0 Å². The van der Waals surface area contributed by atoms with Crippen molar-refractivity contribution in [1.82, 2.24) is 5.43 Å². The van der Waals surface area contributed by atoms with Crippen molar-refractivity contribution in [3.8, 4) is 0 Å². The number of hydrogen-bond acceptors (Lipinski definition) is 2. The Labute approximate surface area is 123 Å². The predicted molar refractivity (Wildman–Crippen MR) is 82.1 cm³/mol. The molecule has 0 radical (unpaired) electrons. The quantitative estimate of drug-likeness (QED) is 0.841. The Morgan fingerprint density at radius 3 is 2.70 bits per heavy atom. The minimum absolute atomic E-state index is 0.274. The highest BCUT2D eigenvalue weighted by atomic mass is 35.5. The van der Waals surface area contributed by atoms with Gasteiger partial charge >= 0.3 is 0 Å². The predicted octanol–water partition coefficient (Wildman–Crippen LogP) is 3.95. The smallest absolute Gasteiger partial charge is 0.0774 e. The van der Waals surface area contributed by atoms with Crippen molar-refractivity contribution >= 4 is 17.3 Å². The maximum atomic E-state index is 5.97. The Kier molecular flexibility index (Phi) is 2.78. The Morgan fingerprint density at radius 1 is 1.05 bits per heavy atom. The van der Waals surface area contributed by atoms with E-state index in [-0.39, 0.29) is 6.04 Å². The van der Waals surface area contributed by atoms with E-state index in [2.05, 4.69) is 46.9 Å². The van der Waals surface area contributed by atoms with Gasteiger partial charge in [0.15, 0.2) is 0 Å². The molecular formula is C17H15ClN2. The molecule has 0 aromatic heterocycles. The summed E-state index contributed by atoms with van der Waals surface area (Å²) >= 11 is 5.97. The molecule has 2 aliphatic rings. The molecule has 2 nitrogen and oxygen atoms in total. The van der Waals surface area contributed by atoms with Crippen LogP contribution in [-0.2, 0) is 6.42 Å². The number of hydrogen-bond donors (Lipinski definition) is 1. The summed E-state index contributed by atoms with van der Waals surface area (Å²) in [5, 5.41) is 5.39. The van der Waals surface area contributed by atoms with Crippen molar-refractivity contribution in [2.75, 3.05) is 0 Å². The summed E-state index contributed by atoms with van der Waals surface area (Å²) in [7, 11) is 0. The molecular weight excluding hydrogens is 268 g/mol. The van der Waals surface area contributed by atoms with E-state index in [0.29, 0.717) is 5.92 Å². The molecule has 100 valence electrons. The van der Waals surface area contributed by atoms with Gasteiger partial charge in [-0.2, -0.15) is 5.10 Å². The van der Waals surface area contributed by atoms with Crippen molar-refractivity contribution in [2.24, 2.45) is 11.0 Å². The van der Waals surface area contributed by atoms with Gasteiger partial charge in [-0.05, 0) is 36.1 Å². The number of aryl methyl sites for hydroxylation is 1. The molecule has 1 N–H and O–H groups in total. The summed E-state index contributed by atoms with van der Waals surface area (Å²) in [6, 6.07) is 17.0. The lowest BCUT2D eigenvalue weighted by Crippen LogP contribution is -2.26. The van der Waals surface area contributed by atoms with Gasteiger partial charge in [-0.1, -0.05) is 48.0 Å². The Morgan fingerprint density at radius 2 is 1.85 bits per heavy atom. The number of fused-ring (bicyclic) bond motifs is 3. The van der Waals surface area contributed by atoms with E-state index in [1.807, 2.05) is 12.1 Å². The lowest BCUT2D eigenvalue weighted by atomic mass is 9.77. The first-order chi connectivity index (χ1) is 9.83. The first-order valence-corrected chi connectivity index (χ1v) is 7.37. The monoisotopic (exact) mass is 282 g/mol. The van der Waals surface area contributed by atoms with Crippen molar-refractivity contribution in [3.63, 3.8) is 0 Å². The van der Waals surface area contributed by atoms with Crippen LogP contribution in [0.1, 0.15) is 29.2 Å². The minimum Gasteiger partial charge on any atom is -0.302 e. The second-order valence-corrected chi connectivity index (χ2v) is 5.89. The van der Waals surface area contributed by atoms with Gasteiger partial charge in [0.05, 0.1) is 11.8 Å². The molecule has 0 unspecified atom stereocenters. The fourth-order valence-corrected chi connectivity index (χ4v) is 3.44. The van der Waals surface area contributed by atoms with Crippen LogP contribution in [0, 0.1) is 5.92 Å². The zero-order chi connectivity index (χ0) is 13.5. The van der Waals surface area contributed by atoms with Crippen molar-refractivity contribution in [1.29, 1.82) is 0 Å². The fraction of sp³-hybridized carbons (Fsp3) is 0.235. The second-order valence-electron chi connectivity index (χ2n) is 5.46. The van der Waals surface area contributed by atoms with E-state index < -0.39 is 0 Å². The van der Waals surface area contributed by atoms with Gasteiger partial charge in [-0.3, -0.25) is 0 Å². The zero-order valence-corrected chi connectivity index (χ0v) is 11.8. The van der Waals surface area contributed by atoms with E-state index in [0.717, 1.165) is 17.9 Å². The van der Waals surface area contributed by atoms with Crippen molar-refractivity contribution in [2.45, 2.75) is 18.9 Å². The molecule has 2 atom stereocenters. The Balaban J connectivity index is 1.69. The number of nitrogens with zero attached hydrogens (tertiary/aromatic N) is 1. The Hall–Kier alpha value is -1.80. The number of rotatable bonds is 1. The van der Waals surface area contributed by atoms with Gasteiger partial charge in [0, 0.05) is 16.5 Å². The van der Waals surface area contributed by atoms with Crippen LogP contribution in [0.4, 0.5) is 0 Å². The molecule has 2 aromatic rings. The molecule has 4 rings (SSSR count). The maximum absolute atomic E-state index is 5.97. The number of hydrazone groups is 1. The second kappa shape index (κ2) is 4.64. The molecule has 0 amide bonds. The van der Waals surface area contributed by atoms with E-state index >= 15 is 0 Å². The molecule has 0 saturated carbocycles. The highest BCUT2D eigenvalue weighted by Crippen LogP contribution is 2.38. The molecule has 1 aliphatic carbocycles. The van der Waals surface area contributed by atoms with Gasteiger partial charge in [0.1, 0.15) is 0 Å². The van der Waals surface area contributed by atoms with Crippen LogP contribution < -0.4 is 5.43 Å². The Bertz CT molecular complexity index is 676. The first-order valence-electron chi connectivity index (χ1n) is 7.00. The zero-order valence-electron chi connectivity index (χ0n) is 11.0. The molecule has 0 fully saturated rings. The minimum atomic E-state index is 0.274. The van der Waals surface area contributed by atoms with E-state index in [1.165, 1.54) is 22.4 Å². The van der Waals surface area contributed by atoms with Crippen LogP contribution in [0.5, 0.6) is 0 Å². The average Bonchev–Trinajstić information content (AvgIpc) is 2.92. The largest absolute Gasteiger partial charge is 0.302 e. The highest BCUT2D eigenvalue weighted by Gasteiger charge is 2.36. The number of benzene rings is 2. The average molecular weight is 283 g/mol. The van der Waals surface area contributed by atoms with E-state index in [4.69, 9.17) is 11.6 Å². The first kappa shape index (κ1) is 12.0.